The lowest BCUT2D eigenvalue weighted by atomic mass is 10.0. The molecule has 1 aliphatic rings. The fraction of sp³-hybridized carbons (Fsp3) is 0.393. The number of carbonyl (C=O) groups is 1. The van der Waals surface area contributed by atoms with Crippen molar-refractivity contribution in [3.05, 3.63) is 69.2 Å². The molecule has 0 spiro atoms. The third-order valence-corrected chi connectivity index (χ3v) is 8.47. The molecule has 0 saturated carbocycles. The molecule has 8 nitrogen and oxygen atoms in total. The highest BCUT2D eigenvalue weighted by Gasteiger charge is 2.40. The number of alkyl halides is 3. The largest absolute Gasteiger partial charge is 0.497 e. The van der Waals surface area contributed by atoms with Crippen LogP contribution in [-0.2, 0) is 6.18 Å². The molecule has 1 N–H and O–H groups in total. The number of ether oxygens (including phenoxy) is 1. The number of piperazine rings is 1. The van der Waals surface area contributed by atoms with E-state index in [9.17, 15) is 23.1 Å². The van der Waals surface area contributed by atoms with Crippen LogP contribution in [0.4, 0.5) is 13.2 Å². The minimum atomic E-state index is -4.72. The van der Waals surface area contributed by atoms with Crippen LogP contribution in [0.15, 0.2) is 42.6 Å². The summed E-state index contributed by atoms with van der Waals surface area (Å²) >= 11 is 1.63. The molecule has 1 amide bonds. The van der Waals surface area contributed by atoms with Crippen molar-refractivity contribution in [2.75, 3.05) is 33.4 Å². The number of aliphatic hydroxyl groups is 1. The van der Waals surface area contributed by atoms with Crippen molar-refractivity contribution in [2.24, 2.45) is 0 Å². The molecule has 0 radical (unpaired) electrons. The smallest absolute Gasteiger partial charge is 0.433 e. The Morgan fingerprint density at radius 2 is 1.90 bits per heavy atom. The second-order valence-corrected chi connectivity index (χ2v) is 11.3. The van der Waals surface area contributed by atoms with Gasteiger partial charge in [-0.15, -0.1) is 11.3 Å². The molecule has 4 aromatic rings. The van der Waals surface area contributed by atoms with E-state index in [2.05, 4.69) is 15.0 Å². The van der Waals surface area contributed by atoms with Gasteiger partial charge in [-0.25, -0.2) is 9.50 Å². The number of halogens is 3. The Labute approximate surface area is 233 Å². The highest BCUT2D eigenvalue weighted by molar-refractivity contribution is 7.12. The Hall–Kier alpha value is -3.48. The van der Waals surface area contributed by atoms with Crippen LogP contribution in [0.3, 0.4) is 0 Å². The van der Waals surface area contributed by atoms with Gasteiger partial charge < -0.3 is 14.7 Å². The molecule has 1 aromatic carbocycles. The molecule has 3 aromatic heterocycles. The first kappa shape index (κ1) is 28.1. The molecule has 212 valence electrons. The van der Waals surface area contributed by atoms with Gasteiger partial charge in [-0.3, -0.25) is 9.69 Å². The highest BCUT2D eigenvalue weighted by Crippen LogP contribution is 2.37. The molecule has 4 heterocycles. The van der Waals surface area contributed by atoms with Gasteiger partial charge in [0.1, 0.15) is 11.3 Å². The average molecular weight is 574 g/mol. The number of aliphatic hydroxyl groups excluding tert-OH is 1. The molecule has 12 heteroatoms. The number of nitrogens with zero attached hydrogens (tertiary/aromatic N) is 5. The summed E-state index contributed by atoms with van der Waals surface area (Å²) in [4.78, 5) is 24.3. The van der Waals surface area contributed by atoms with Crippen LogP contribution >= 0.6 is 11.3 Å². The minimum Gasteiger partial charge on any atom is -0.497 e. The predicted molar refractivity (Wildman–Crippen MR) is 146 cm³/mol. The summed E-state index contributed by atoms with van der Waals surface area (Å²) in [7, 11) is 1.50. The van der Waals surface area contributed by atoms with E-state index >= 15 is 0 Å². The lowest BCUT2D eigenvalue weighted by Crippen LogP contribution is -2.55. The third kappa shape index (κ3) is 5.06. The molecule has 2 atom stereocenters. The SMILES string of the molecule is COc1ccc(-c2nc3c(C(=O)N4CCN([C@H](CO)c5ccc(C)s5)C[C@H]4C)cnn3c(C(F)(F)F)c2C)cc1. The first-order valence-electron chi connectivity index (χ1n) is 12.9. The van der Waals surface area contributed by atoms with E-state index in [1.165, 1.54) is 20.2 Å². The number of methoxy groups -OCH3 is 1. The molecular weight excluding hydrogens is 543 g/mol. The van der Waals surface area contributed by atoms with Crippen LogP contribution in [0.5, 0.6) is 5.75 Å². The molecule has 0 unspecified atom stereocenters. The first-order chi connectivity index (χ1) is 19.0. The standard InChI is InChI=1S/C28H30F3N5O3S/c1-16-14-34(22(15-37)23-10-5-17(2)40-23)11-12-35(16)27(38)21-13-32-36-25(28(29,30)31)18(3)24(33-26(21)36)19-6-8-20(39-4)9-7-19/h5-10,13,16,22,37H,11-12,14-15H2,1-4H3/t16-,22-/m1/s1. The van der Waals surface area contributed by atoms with E-state index in [0.717, 1.165) is 14.3 Å². The Bertz CT molecular complexity index is 1530. The van der Waals surface area contributed by atoms with Crippen molar-refractivity contribution in [2.45, 2.75) is 39.0 Å². The van der Waals surface area contributed by atoms with E-state index in [1.807, 2.05) is 26.0 Å². The first-order valence-corrected chi connectivity index (χ1v) is 13.7. The second-order valence-electron chi connectivity index (χ2n) is 9.94. The van der Waals surface area contributed by atoms with Gasteiger partial charge in [-0.1, -0.05) is 0 Å². The molecule has 5 rings (SSSR count). The number of hydrogen-bond acceptors (Lipinski definition) is 7. The molecule has 1 saturated heterocycles. The number of aromatic nitrogens is 3. The fourth-order valence-electron chi connectivity index (χ4n) is 5.33. The maximum absolute atomic E-state index is 14.3. The van der Waals surface area contributed by atoms with Crippen LogP contribution in [-0.4, -0.2) is 74.8 Å². The summed E-state index contributed by atoms with van der Waals surface area (Å²) in [5.74, 6) is 0.129. The van der Waals surface area contributed by atoms with Crippen molar-refractivity contribution >= 4 is 22.9 Å². The van der Waals surface area contributed by atoms with E-state index in [1.54, 1.807) is 40.5 Å². The highest BCUT2D eigenvalue weighted by atomic mass is 32.1. The number of fused-ring (bicyclic) bond motifs is 1. The molecule has 1 aliphatic heterocycles. The predicted octanol–water partition coefficient (Wildman–Crippen LogP) is 4.98. The Kier molecular flexibility index (Phi) is 7.60. The summed E-state index contributed by atoms with van der Waals surface area (Å²) in [6.07, 6.45) is -3.56. The van der Waals surface area contributed by atoms with Crippen molar-refractivity contribution in [1.29, 1.82) is 0 Å². The van der Waals surface area contributed by atoms with Crippen molar-refractivity contribution in [3.63, 3.8) is 0 Å². The van der Waals surface area contributed by atoms with Gasteiger partial charge >= 0.3 is 6.18 Å². The van der Waals surface area contributed by atoms with Gasteiger partial charge in [0.2, 0.25) is 0 Å². The van der Waals surface area contributed by atoms with Crippen LogP contribution in [0.2, 0.25) is 0 Å². The number of hydrogen-bond donors (Lipinski definition) is 1. The van der Waals surface area contributed by atoms with Crippen LogP contribution in [0.1, 0.15) is 44.3 Å². The minimum absolute atomic E-state index is 0.00755. The normalized spacial score (nSPS) is 17.4. The second kappa shape index (κ2) is 10.8. The number of amides is 1. The van der Waals surface area contributed by atoms with Crippen molar-refractivity contribution in [3.8, 4) is 17.0 Å². The van der Waals surface area contributed by atoms with Crippen LogP contribution < -0.4 is 4.74 Å². The Balaban J connectivity index is 1.49. The zero-order valence-corrected chi connectivity index (χ0v) is 23.4. The number of aryl methyl sites for hydroxylation is 1. The van der Waals surface area contributed by atoms with Gasteiger partial charge in [-0.2, -0.15) is 18.3 Å². The van der Waals surface area contributed by atoms with Crippen LogP contribution in [0, 0.1) is 13.8 Å². The fourth-order valence-corrected chi connectivity index (χ4v) is 6.33. The van der Waals surface area contributed by atoms with Gasteiger partial charge in [-0.05, 0) is 57.2 Å². The van der Waals surface area contributed by atoms with Crippen molar-refractivity contribution in [1.82, 2.24) is 24.4 Å². The maximum atomic E-state index is 14.3. The van der Waals surface area contributed by atoms with Gasteiger partial charge in [0, 0.05) is 46.6 Å². The van der Waals surface area contributed by atoms with Gasteiger partial charge in [0.25, 0.3) is 5.91 Å². The molecule has 0 bridgehead atoms. The van der Waals surface area contributed by atoms with E-state index in [0.29, 0.717) is 30.9 Å². The number of carbonyl (C=O) groups excluding carboxylic acids is 1. The molecule has 0 aliphatic carbocycles. The quantitative estimate of drug-likeness (QED) is 0.350. The molecule has 1 fully saturated rings. The Morgan fingerprint density at radius 3 is 2.48 bits per heavy atom. The summed E-state index contributed by atoms with van der Waals surface area (Å²) in [5.41, 5.74) is -0.622. The summed E-state index contributed by atoms with van der Waals surface area (Å²) in [5, 5.41) is 14.1. The molecule has 40 heavy (non-hydrogen) atoms. The lowest BCUT2D eigenvalue weighted by molar-refractivity contribution is -0.143. The summed E-state index contributed by atoms with van der Waals surface area (Å²) < 4.78 is 48.7. The molecular formula is C28H30F3N5O3S. The van der Waals surface area contributed by atoms with Crippen LogP contribution in [0.25, 0.3) is 16.9 Å². The number of rotatable bonds is 6. The summed E-state index contributed by atoms with van der Waals surface area (Å²) in [6.45, 7) is 6.57. The topological polar surface area (TPSA) is 83.2 Å². The van der Waals surface area contributed by atoms with E-state index in [4.69, 9.17) is 4.74 Å². The average Bonchev–Trinajstić information content (AvgIpc) is 3.53. The number of benzene rings is 1. The monoisotopic (exact) mass is 573 g/mol. The van der Waals surface area contributed by atoms with E-state index in [-0.39, 0.29) is 41.2 Å². The lowest BCUT2D eigenvalue weighted by Gasteiger charge is -2.42. The van der Waals surface area contributed by atoms with Gasteiger partial charge in [0.15, 0.2) is 11.3 Å². The zero-order chi connectivity index (χ0) is 28.8. The Morgan fingerprint density at radius 1 is 1.18 bits per heavy atom. The third-order valence-electron chi connectivity index (χ3n) is 7.37. The summed E-state index contributed by atoms with van der Waals surface area (Å²) in [6, 6.07) is 10.2. The zero-order valence-electron chi connectivity index (χ0n) is 22.6. The number of thiophene rings is 1. The van der Waals surface area contributed by atoms with E-state index < -0.39 is 17.8 Å². The van der Waals surface area contributed by atoms with Gasteiger partial charge in [0.05, 0.1) is 31.6 Å². The van der Waals surface area contributed by atoms with Crippen molar-refractivity contribution < 1.29 is 27.8 Å². The maximum Gasteiger partial charge on any atom is 0.433 e.